The first-order chi connectivity index (χ1) is 10.8. The molecule has 0 aromatic heterocycles. The van der Waals surface area contributed by atoms with Gasteiger partial charge in [-0.2, -0.15) is 4.72 Å². The summed E-state index contributed by atoms with van der Waals surface area (Å²) in [6, 6.07) is 1.44. The summed E-state index contributed by atoms with van der Waals surface area (Å²) in [5.41, 5.74) is -0.158. The molecular weight excluding hydrogens is 333 g/mol. The molecule has 10 heteroatoms. The van der Waals surface area contributed by atoms with Gasteiger partial charge in [0.25, 0.3) is 0 Å². The van der Waals surface area contributed by atoms with E-state index in [2.05, 4.69) is 20.3 Å². The number of hydrogen-bond donors (Lipinski definition) is 3. The molecule has 3 N–H and O–H groups in total. The number of nitrogens with zero attached hydrogens (tertiary/aromatic N) is 1. The van der Waals surface area contributed by atoms with E-state index in [-0.39, 0.29) is 5.69 Å². The van der Waals surface area contributed by atoms with Crippen molar-refractivity contribution in [3.8, 4) is 0 Å². The van der Waals surface area contributed by atoms with Crippen molar-refractivity contribution >= 4 is 21.9 Å². The molecule has 1 aromatic rings. The Morgan fingerprint density at radius 2 is 1.87 bits per heavy atom. The Balaban J connectivity index is 1.91. The van der Waals surface area contributed by atoms with Crippen LogP contribution in [0.25, 0.3) is 0 Å². The van der Waals surface area contributed by atoms with E-state index in [0.717, 1.165) is 12.1 Å². The lowest BCUT2D eigenvalue weighted by molar-refractivity contribution is 0.446. The highest BCUT2D eigenvalue weighted by atomic mass is 32.2. The van der Waals surface area contributed by atoms with Crippen molar-refractivity contribution in [1.29, 1.82) is 0 Å². The Morgan fingerprint density at radius 3 is 2.39 bits per heavy atom. The number of rotatable bonds is 5. The molecule has 0 radical (unpaired) electrons. The van der Waals surface area contributed by atoms with Crippen molar-refractivity contribution in [3.63, 3.8) is 0 Å². The fourth-order valence-electron chi connectivity index (χ4n) is 2.09. The predicted octanol–water partition coefficient (Wildman–Crippen LogP) is 1.40. The number of halogens is 3. The van der Waals surface area contributed by atoms with Crippen LogP contribution in [0.3, 0.4) is 0 Å². The van der Waals surface area contributed by atoms with E-state index in [1.807, 2.05) is 0 Å². The second kappa shape index (κ2) is 5.53. The monoisotopic (exact) mass is 346 g/mol. The molecule has 3 rings (SSSR count). The average Bonchev–Trinajstić information content (AvgIpc) is 3.30. The zero-order valence-corrected chi connectivity index (χ0v) is 12.5. The summed E-state index contributed by atoms with van der Waals surface area (Å²) >= 11 is 0. The van der Waals surface area contributed by atoms with Crippen molar-refractivity contribution in [2.75, 3.05) is 5.32 Å². The fraction of sp³-hybridized carbons (Fsp3) is 0.308. The third-order valence-electron chi connectivity index (χ3n) is 3.33. The van der Waals surface area contributed by atoms with Crippen LogP contribution >= 0.6 is 0 Å². The summed E-state index contributed by atoms with van der Waals surface area (Å²) in [4.78, 5) is 3.83. The van der Waals surface area contributed by atoms with Crippen molar-refractivity contribution in [3.05, 3.63) is 42.0 Å². The van der Waals surface area contributed by atoms with Gasteiger partial charge in [-0.3, -0.25) is 4.99 Å². The van der Waals surface area contributed by atoms with Crippen LogP contribution < -0.4 is 15.4 Å². The highest BCUT2D eigenvalue weighted by molar-refractivity contribution is 7.90. The molecule has 2 aliphatic rings. The van der Waals surface area contributed by atoms with E-state index < -0.39 is 38.5 Å². The number of sulfonamides is 1. The van der Waals surface area contributed by atoms with Crippen LogP contribution in [0.1, 0.15) is 12.8 Å². The molecule has 0 spiro atoms. The van der Waals surface area contributed by atoms with Gasteiger partial charge in [0.05, 0.1) is 11.5 Å². The average molecular weight is 346 g/mol. The first-order valence-corrected chi connectivity index (χ1v) is 8.28. The predicted molar refractivity (Wildman–Crippen MR) is 78.5 cm³/mol. The van der Waals surface area contributed by atoms with Gasteiger partial charge < -0.3 is 10.6 Å². The molecule has 0 amide bonds. The normalized spacial score (nSPS) is 23.6. The molecular formula is C13H13F3N4O2S. The Labute approximate surface area is 130 Å². The Hall–Kier alpha value is -2.07. The summed E-state index contributed by atoms with van der Waals surface area (Å²) in [5.74, 6) is -5.99. The smallest absolute Gasteiger partial charge is 0.218 e. The van der Waals surface area contributed by atoms with E-state index in [0.29, 0.717) is 12.8 Å². The van der Waals surface area contributed by atoms with Crippen LogP contribution in [0.15, 0.2) is 29.5 Å². The molecule has 1 aromatic carbocycles. The topological polar surface area (TPSA) is 82.6 Å². The van der Waals surface area contributed by atoms with Gasteiger partial charge in [0, 0.05) is 30.2 Å². The SMILES string of the molecule is O=S(=O)(NC1(Nc2cc(F)c(F)c(F)c2)C=NC=CN1)C1CC1. The van der Waals surface area contributed by atoms with Gasteiger partial charge in [0.1, 0.15) is 0 Å². The Morgan fingerprint density at radius 1 is 1.22 bits per heavy atom. The largest absolute Gasteiger partial charge is 0.350 e. The second-order valence-electron chi connectivity index (χ2n) is 5.27. The molecule has 1 saturated carbocycles. The van der Waals surface area contributed by atoms with E-state index in [1.165, 1.54) is 18.6 Å². The highest BCUT2D eigenvalue weighted by Gasteiger charge is 2.42. The highest BCUT2D eigenvalue weighted by Crippen LogP contribution is 2.29. The van der Waals surface area contributed by atoms with Crippen LogP contribution in [-0.2, 0) is 10.0 Å². The van der Waals surface area contributed by atoms with E-state index in [1.54, 1.807) is 0 Å². The molecule has 0 saturated heterocycles. The van der Waals surface area contributed by atoms with Crippen LogP contribution in [0.5, 0.6) is 0 Å². The molecule has 1 aliphatic heterocycles. The number of nitrogens with one attached hydrogen (secondary N) is 3. The van der Waals surface area contributed by atoms with Crippen LogP contribution in [0.4, 0.5) is 18.9 Å². The summed E-state index contributed by atoms with van der Waals surface area (Å²) in [6.07, 6.45) is 5.01. The van der Waals surface area contributed by atoms with Crippen molar-refractivity contribution in [2.45, 2.75) is 23.9 Å². The van der Waals surface area contributed by atoms with E-state index >= 15 is 0 Å². The standard InChI is InChI=1S/C13H13F3N4O2S/c14-10-5-8(6-11(15)12(10)16)19-13(7-17-3-4-18-13)20-23(21,22)9-1-2-9/h3-7,9,18-20H,1-2H2. The molecule has 23 heavy (non-hydrogen) atoms. The fourth-order valence-corrected chi connectivity index (χ4v) is 3.63. The number of hydrogen-bond acceptors (Lipinski definition) is 5. The van der Waals surface area contributed by atoms with E-state index in [4.69, 9.17) is 0 Å². The third-order valence-corrected chi connectivity index (χ3v) is 5.29. The molecule has 1 heterocycles. The first kappa shape index (κ1) is 15.8. The maximum Gasteiger partial charge on any atom is 0.218 e. The lowest BCUT2D eigenvalue weighted by Crippen LogP contribution is -2.65. The van der Waals surface area contributed by atoms with Gasteiger partial charge in [-0.05, 0) is 12.8 Å². The quantitative estimate of drug-likeness (QED) is 0.556. The second-order valence-corrected chi connectivity index (χ2v) is 7.23. The lowest BCUT2D eigenvalue weighted by atomic mass is 10.2. The minimum absolute atomic E-state index is 0.158. The van der Waals surface area contributed by atoms with Crippen LogP contribution in [0.2, 0.25) is 0 Å². The summed E-state index contributed by atoms with van der Waals surface area (Å²) in [7, 11) is -3.66. The molecule has 6 nitrogen and oxygen atoms in total. The van der Waals surface area contributed by atoms with Gasteiger partial charge in [-0.1, -0.05) is 0 Å². The Bertz CT molecular complexity index is 769. The Kier molecular flexibility index (Phi) is 3.80. The summed E-state index contributed by atoms with van der Waals surface area (Å²) in [6.45, 7) is 0. The van der Waals surface area contributed by atoms with Gasteiger partial charge in [-0.15, -0.1) is 0 Å². The van der Waals surface area contributed by atoms with Crippen molar-refractivity contribution in [2.24, 2.45) is 4.99 Å². The summed E-state index contributed by atoms with van der Waals surface area (Å²) in [5, 5.41) is 4.79. The van der Waals surface area contributed by atoms with Gasteiger partial charge in [-0.25, -0.2) is 21.6 Å². The van der Waals surface area contributed by atoms with Gasteiger partial charge >= 0.3 is 0 Å². The number of benzene rings is 1. The molecule has 1 fully saturated rings. The van der Waals surface area contributed by atoms with Gasteiger partial charge in [0.15, 0.2) is 17.5 Å². The summed E-state index contributed by atoms with van der Waals surface area (Å²) < 4.78 is 66.4. The number of aliphatic imine (C=N–C) groups is 1. The van der Waals surface area contributed by atoms with Crippen LogP contribution in [0, 0.1) is 17.5 Å². The van der Waals surface area contributed by atoms with Gasteiger partial charge in [0.2, 0.25) is 15.8 Å². The van der Waals surface area contributed by atoms with Crippen LogP contribution in [-0.4, -0.2) is 25.7 Å². The van der Waals surface area contributed by atoms with Crippen molar-refractivity contribution < 1.29 is 21.6 Å². The lowest BCUT2D eigenvalue weighted by Gasteiger charge is -2.34. The minimum Gasteiger partial charge on any atom is -0.350 e. The minimum atomic E-state index is -3.66. The molecule has 1 unspecified atom stereocenters. The number of anilines is 1. The third kappa shape index (κ3) is 3.32. The van der Waals surface area contributed by atoms with E-state index in [9.17, 15) is 21.6 Å². The molecule has 1 atom stereocenters. The maximum absolute atomic E-state index is 13.3. The molecule has 0 bridgehead atoms. The molecule has 124 valence electrons. The van der Waals surface area contributed by atoms with Crippen molar-refractivity contribution in [1.82, 2.24) is 10.0 Å². The first-order valence-electron chi connectivity index (χ1n) is 6.74. The zero-order chi connectivity index (χ0) is 16.7. The maximum atomic E-state index is 13.3. The molecule has 1 aliphatic carbocycles. The zero-order valence-electron chi connectivity index (χ0n) is 11.7.